The van der Waals surface area contributed by atoms with E-state index >= 15 is 0 Å². The number of likely N-dealkylation sites (tertiary alicyclic amines) is 1. The second-order valence-corrected chi connectivity index (χ2v) is 4.87. The summed E-state index contributed by atoms with van der Waals surface area (Å²) in [5.74, 6) is -0.113. The number of piperidine rings is 1. The van der Waals surface area contributed by atoms with Crippen LogP contribution in [0.1, 0.15) is 39.5 Å². The molecule has 1 rings (SSSR count). The zero-order valence-corrected chi connectivity index (χ0v) is 11.2. The molecule has 1 aliphatic rings. The standard InChI is InChI=1S/C13H26N2O2/c1-3-17-13(16)11(2)10-15-9-5-4-6-12(15)7-8-14/h11-12H,3-10,14H2,1-2H3. The van der Waals surface area contributed by atoms with Crippen LogP contribution in [0.15, 0.2) is 0 Å². The van der Waals surface area contributed by atoms with Gasteiger partial charge in [0.25, 0.3) is 0 Å². The molecule has 0 aromatic rings. The minimum Gasteiger partial charge on any atom is -0.466 e. The molecule has 1 saturated heterocycles. The van der Waals surface area contributed by atoms with E-state index in [4.69, 9.17) is 10.5 Å². The summed E-state index contributed by atoms with van der Waals surface area (Å²) in [6.07, 6.45) is 4.77. The molecule has 100 valence electrons. The molecule has 2 N–H and O–H groups in total. The van der Waals surface area contributed by atoms with Crippen molar-refractivity contribution in [2.45, 2.75) is 45.6 Å². The van der Waals surface area contributed by atoms with Gasteiger partial charge >= 0.3 is 5.97 Å². The lowest BCUT2D eigenvalue weighted by molar-refractivity contribution is -0.148. The van der Waals surface area contributed by atoms with Crippen LogP contribution in [0, 0.1) is 5.92 Å². The Balaban J connectivity index is 2.43. The Labute approximate surface area is 104 Å². The summed E-state index contributed by atoms with van der Waals surface area (Å²) in [7, 11) is 0. The van der Waals surface area contributed by atoms with Crippen molar-refractivity contribution in [2.75, 3.05) is 26.2 Å². The summed E-state index contributed by atoms with van der Waals surface area (Å²) < 4.78 is 5.05. The van der Waals surface area contributed by atoms with E-state index < -0.39 is 0 Å². The van der Waals surface area contributed by atoms with Crippen LogP contribution in [0.5, 0.6) is 0 Å². The van der Waals surface area contributed by atoms with Crippen molar-refractivity contribution < 1.29 is 9.53 Å². The van der Waals surface area contributed by atoms with Crippen LogP contribution in [0.2, 0.25) is 0 Å². The van der Waals surface area contributed by atoms with Crippen LogP contribution in [-0.4, -0.2) is 43.2 Å². The molecule has 2 unspecified atom stereocenters. The molecule has 0 aliphatic carbocycles. The van der Waals surface area contributed by atoms with Gasteiger partial charge in [-0.05, 0) is 39.3 Å². The second kappa shape index (κ2) is 7.67. The van der Waals surface area contributed by atoms with Gasteiger partial charge in [-0.3, -0.25) is 9.69 Å². The summed E-state index contributed by atoms with van der Waals surface area (Å²) in [6.45, 7) is 6.90. The van der Waals surface area contributed by atoms with Crippen LogP contribution in [0.4, 0.5) is 0 Å². The van der Waals surface area contributed by atoms with Crippen molar-refractivity contribution >= 4 is 5.97 Å². The first-order chi connectivity index (χ1) is 8.19. The summed E-state index contributed by atoms with van der Waals surface area (Å²) in [6, 6.07) is 0.561. The van der Waals surface area contributed by atoms with Gasteiger partial charge in [-0.25, -0.2) is 0 Å². The van der Waals surface area contributed by atoms with E-state index in [0.29, 0.717) is 12.6 Å². The molecule has 0 aromatic carbocycles. The average molecular weight is 242 g/mol. The zero-order valence-electron chi connectivity index (χ0n) is 11.2. The lowest BCUT2D eigenvalue weighted by Gasteiger charge is -2.36. The number of ether oxygens (including phenoxy) is 1. The molecule has 0 saturated carbocycles. The number of esters is 1. The third-order valence-electron chi connectivity index (χ3n) is 3.45. The van der Waals surface area contributed by atoms with Gasteiger partial charge in [-0.2, -0.15) is 0 Å². The number of hydrogen-bond donors (Lipinski definition) is 1. The van der Waals surface area contributed by atoms with E-state index in [0.717, 1.165) is 26.1 Å². The number of nitrogens with zero attached hydrogens (tertiary/aromatic N) is 1. The molecule has 1 heterocycles. The molecular weight excluding hydrogens is 216 g/mol. The second-order valence-electron chi connectivity index (χ2n) is 4.87. The van der Waals surface area contributed by atoms with Crippen LogP contribution in [0.25, 0.3) is 0 Å². The number of nitrogens with two attached hydrogens (primary N) is 1. The van der Waals surface area contributed by atoms with Crippen LogP contribution in [0.3, 0.4) is 0 Å². The predicted octanol–water partition coefficient (Wildman–Crippen LogP) is 1.39. The van der Waals surface area contributed by atoms with Gasteiger partial charge in [0.1, 0.15) is 0 Å². The summed E-state index contributed by atoms with van der Waals surface area (Å²) in [4.78, 5) is 14.0. The maximum absolute atomic E-state index is 11.6. The fourth-order valence-electron chi connectivity index (χ4n) is 2.53. The van der Waals surface area contributed by atoms with E-state index in [2.05, 4.69) is 4.90 Å². The van der Waals surface area contributed by atoms with Crippen molar-refractivity contribution in [1.82, 2.24) is 4.90 Å². The number of carbonyl (C=O) groups excluding carboxylic acids is 1. The van der Waals surface area contributed by atoms with Crippen molar-refractivity contribution in [3.63, 3.8) is 0 Å². The van der Waals surface area contributed by atoms with Crippen molar-refractivity contribution in [3.05, 3.63) is 0 Å². The van der Waals surface area contributed by atoms with E-state index in [9.17, 15) is 4.79 Å². The third-order valence-corrected chi connectivity index (χ3v) is 3.45. The number of hydrogen-bond acceptors (Lipinski definition) is 4. The minimum absolute atomic E-state index is 0.0340. The molecule has 0 spiro atoms. The van der Waals surface area contributed by atoms with Crippen molar-refractivity contribution in [2.24, 2.45) is 11.7 Å². The van der Waals surface area contributed by atoms with E-state index in [1.807, 2.05) is 13.8 Å². The Morgan fingerprint density at radius 3 is 2.94 bits per heavy atom. The molecule has 0 bridgehead atoms. The summed E-state index contributed by atoms with van der Waals surface area (Å²) >= 11 is 0. The van der Waals surface area contributed by atoms with Crippen LogP contribution in [-0.2, 0) is 9.53 Å². The van der Waals surface area contributed by atoms with Gasteiger partial charge in [-0.15, -0.1) is 0 Å². The highest BCUT2D eigenvalue weighted by Gasteiger charge is 2.25. The first kappa shape index (κ1) is 14.5. The Kier molecular flexibility index (Phi) is 6.52. The van der Waals surface area contributed by atoms with E-state index in [1.54, 1.807) is 0 Å². The Morgan fingerprint density at radius 1 is 1.53 bits per heavy atom. The Bertz CT molecular complexity index is 231. The maximum atomic E-state index is 11.6. The summed E-state index contributed by atoms with van der Waals surface area (Å²) in [5, 5.41) is 0. The molecular formula is C13H26N2O2. The smallest absolute Gasteiger partial charge is 0.309 e. The highest BCUT2D eigenvalue weighted by atomic mass is 16.5. The first-order valence-corrected chi connectivity index (χ1v) is 6.79. The van der Waals surface area contributed by atoms with Gasteiger partial charge in [0.2, 0.25) is 0 Å². The van der Waals surface area contributed by atoms with Gasteiger partial charge in [0, 0.05) is 12.6 Å². The van der Waals surface area contributed by atoms with Crippen LogP contribution >= 0.6 is 0 Å². The van der Waals surface area contributed by atoms with E-state index in [-0.39, 0.29) is 11.9 Å². The number of carbonyl (C=O) groups is 1. The summed E-state index contributed by atoms with van der Waals surface area (Å²) in [5.41, 5.74) is 5.64. The molecule has 1 aliphatic heterocycles. The Hall–Kier alpha value is -0.610. The highest BCUT2D eigenvalue weighted by Crippen LogP contribution is 2.20. The first-order valence-electron chi connectivity index (χ1n) is 6.79. The molecule has 4 heteroatoms. The molecule has 1 fully saturated rings. The van der Waals surface area contributed by atoms with Crippen molar-refractivity contribution in [3.8, 4) is 0 Å². The normalized spacial score (nSPS) is 23.4. The zero-order chi connectivity index (χ0) is 12.7. The third kappa shape index (κ3) is 4.64. The molecule has 0 amide bonds. The lowest BCUT2D eigenvalue weighted by atomic mass is 9.98. The molecule has 2 atom stereocenters. The van der Waals surface area contributed by atoms with Crippen LogP contribution < -0.4 is 5.73 Å². The molecule has 0 aromatic heterocycles. The van der Waals surface area contributed by atoms with Crippen molar-refractivity contribution in [1.29, 1.82) is 0 Å². The molecule has 4 nitrogen and oxygen atoms in total. The SMILES string of the molecule is CCOC(=O)C(C)CN1CCCCC1CCN. The van der Waals surface area contributed by atoms with Gasteiger partial charge in [-0.1, -0.05) is 13.3 Å². The number of rotatable bonds is 6. The fourth-order valence-corrected chi connectivity index (χ4v) is 2.53. The fraction of sp³-hybridized carbons (Fsp3) is 0.923. The highest BCUT2D eigenvalue weighted by molar-refractivity contribution is 5.72. The largest absolute Gasteiger partial charge is 0.466 e. The predicted molar refractivity (Wildman–Crippen MR) is 68.7 cm³/mol. The lowest BCUT2D eigenvalue weighted by Crippen LogP contribution is -2.44. The molecule has 17 heavy (non-hydrogen) atoms. The van der Waals surface area contributed by atoms with E-state index in [1.165, 1.54) is 19.3 Å². The quantitative estimate of drug-likeness (QED) is 0.715. The van der Waals surface area contributed by atoms with Gasteiger partial charge in [0.05, 0.1) is 12.5 Å². The molecule has 0 radical (unpaired) electrons. The Morgan fingerprint density at radius 2 is 2.29 bits per heavy atom. The average Bonchev–Trinajstić information content (AvgIpc) is 2.32. The topological polar surface area (TPSA) is 55.6 Å². The minimum atomic E-state index is -0.0791. The monoisotopic (exact) mass is 242 g/mol. The maximum Gasteiger partial charge on any atom is 0.309 e. The van der Waals surface area contributed by atoms with Gasteiger partial charge in [0.15, 0.2) is 0 Å². The van der Waals surface area contributed by atoms with Gasteiger partial charge < -0.3 is 10.5 Å².